The Bertz CT molecular complexity index is 317. The number of carbonyl (C=O) groups excluding carboxylic acids is 1. The second kappa shape index (κ2) is 3.71. The summed E-state index contributed by atoms with van der Waals surface area (Å²) in [4.78, 5) is 19.4. The van der Waals surface area contributed by atoms with Gasteiger partial charge in [0.05, 0.1) is 11.7 Å². The van der Waals surface area contributed by atoms with Crippen LogP contribution in [-0.2, 0) is 0 Å². The first-order valence-corrected chi connectivity index (χ1v) is 4.28. The Balaban J connectivity index is 2.87. The van der Waals surface area contributed by atoms with E-state index in [0.717, 1.165) is 5.01 Å². The average molecular weight is 194 g/mol. The van der Waals surface area contributed by atoms with Gasteiger partial charge >= 0.3 is 0 Å². The molecular formula is C9H14N4O. The van der Waals surface area contributed by atoms with Crippen molar-refractivity contribution in [1.29, 1.82) is 0 Å². The molecular weight excluding hydrogens is 180 g/mol. The smallest absolute Gasteiger partial charge is 0.270 e. The molecule has 0 spiro atoms. The first kappa shape index (κ1) is 10.6. The van der Waals surface area contributed by atoms with Crippen LogP contribution in [0.2, 0.25) is 0 Å². The second-order valence-corrected chi connectivity index (χ2v) is 3.94. The van der Waals surface area contributed by atoms with E-state index >= 15 is 0 Å². The molecule has 0 unspecified atom stereocenters. The summed E-state index contributed by atoms with van der Waals surface area (Å²) in [6, 6.07) is 0. The Kier molecular flexibility index (Phi) is 2.81. The molecule has 14 heavy (non-hydrogen) atoms. The van der Waals surface area contributed by atoms with Gasteiger partial charge in [-0.1, -0.05) is 0 Å². The first-order valence-electron chi connectivity index (χ1n) is 4.28. The van der Waals surface area contributed by atoms with E-state index < -0.39 is 5.54 Å². The van der Waals surface area contributed by atoms with E-state index in [2.05, 4.69) is 9.97 Å². The van der Waals surface area contributed by atoms with Crippen molar-refractivity contribution >= 4 is 5.91 Å². The van der Waals surface area contributed by atoms with E-state index in [9.17, 15) is 4.79 Å². The third-order valence-electron chi connectivity index (χ3n) is 1.72. The van der Waals surface area contributed by atoms with Crippen LogP contribution in [0, 0.1) is 0 Å². The van der Waals surface area contributed by atoms with Crippen molar-refractivity contribution in [2.75, 3.05) is 0 Å². The van der Waals surface area contributed by atoms with Crippen molar-refractivity contribution in [3.05, 3.63) is 24.3 Å². The van der Waals surface area contributed by atoms with Gasteiger partial charge in [-0.3, -0.25) is 14.8 Å². The van der Waals surface area contributed by atoms with Crippen LogP contribution in [-0.4, -0.2) is 26.4 Å². The van der Waals surface area contributed by atoms with Gasteiger partial charge in [0.1, 0.15) is 5.69 Å². The largest absolute Gasteiger partial charge is 0.288 e. The highest BCUT2D eigenvalue weighted by Crippen LogP contribution is 2.10. The van der Waals surface area contributed by atoms with Crippen LogP contribution in [0.25, 0.3) is 0 Å². The molecule has 2 N–H and O–H groups in total. The van der Waals surface area contributed by atoms with Gasteiger partial charge in [0.2, 0.25) is 0 Å². The molecule has 0 aliphatic carbocycles. The fourth-order valence-electron chi connectivity index (χ4n) is 0.838. The third-order valence-corrected chi connectivity index (χ3v) is 1.72. The minimum atomic E-state index is -0.422. The highest BCUT2D eigenvalue weighted by molar-refractivity contribution is 5.91. The maximum absolute atomic E-state index is 11.7. The zero-order valence-corrected chi connectivity index (χ0v) is 8.56. The number of hydrogen-bond acceptors (Lipinski definition) is 4. The molecule has 76 valence electrons. The molecule has 0 radical (unpaired) electrons. The summed E-state index contributed by atoms with van der Waals surface area (Å²) in [6.07, 6.45) is 4.37. The summed E-state index contributed by atoms with van der Waals surface area (Å²) in [6.45, 7) is 5.55. The number of hydrazine groups is 1. The number of amides is 1. The zero-order chi connectivity index (χ0) is 10.8. The summed E-state index contributed by atoms with van der Waals surface area (Å²) in [7, 11) is 0. The van der Waals surface area contributed by atoms with Gasteiger partial charge in [-0.25, -0.2) is 10.8 Å². The molecule has 1 amide bonds. The van der Waals surface area contributed by atoms with Gasteiger partial charge in [0, 0.05) is 12.4 Å². The predicted molar refractivity (Wildman–Crippen MR) is 52.1 cm³/mol. The van der Waals surface area contributed by atoms with Gasteiger partial charge in [-0.15, -0.1) is 0 Å². The monoisotopic (exact) mass is 194 g/mol. The van der Waals surface area contributed by atoms with Crippen molar-refractivity contribution in [2.45, 2.75) is 26.3 Å². The van der Waals surface area contributed by atoms with Crippen LogP contribution < -0.4 is 5.84 Å². The Hall–Kier alpha value is -1.49. The summed E-state index contributed by atoms with van der Waals surface area (Å²) < 4.78 is 0. The average Bonchev–Trinajstić information content (AvgIpc) is 2.15. The minimum absolute atomic E-state index is 0.255. The topological polar surface area (TPSA) is 72.1 Å². The van der Waals surface area contributed by atoms with E-state index in [1.165, 1.54) is 18.6 Å². The fraction of sp³-hybridized carbons (Fsp3) is 0.444. The van der Waals surface area contributed by atoms with E-state index in [1.54, 1.807) is 0 Å². The lowest BCUT2D eigenvalue weighted by atomic mass is 10.1. The molecule has 0 aromatic carbocycles. The summed E-state index contributed by atoms with van der Waals surface area (Å²) in [5.74, 6) is 5.31. The molecule has 1 aromatic rings. The van der Waals surface area contributed by atoms with Crippen molar-refractivity contribution in [3.8, 4) is 0 Å². The SMILES string of the molecule is CC(C)(C)N(N)C(=O)c1cnccn1. The van der Waals surface area contributed by atoms with Gasteiger partial charge in [-0.2, -0.15) is 0 Å². The molecule has 1 rings (SSSR count). The molecule has 0 bridgehead atoms. The maximum atomic E-state index is 11.7. The van der Waals surface area contributed by atoms with Crippen molar-refractivity contribution in [2.24, 2.45) is 5.84 Å². The van der Waals surface area contributed by atoms with E-state index in [1.807, 2.05) is 20.8 Å². The maximum Gasteiger partial charge on any atom is 0.288 e. The summed E-state index contributed by atoms with van der Waals surface area (Å²) in [5.41, 5.74) is -0.167. The minimum Gasteiger partial charge on any atom is -0.270 e. The van der Waals surface area contributed by atoms with Crippen LogP contribution in [0.4, 0.5) is 0 Å². The molecule has 5 nitrogen and oxygen atoms in total. The number of aromatic nitrogens is 2. The van der Waals surface area contributed by atoms with Crippen LogP contribution >= 0.6 is 0 Å². The Morgan fingerprint density at radius 3 is 2.50 bits per heavy atom. The Morgan fingerprint density at radius 2 is 2.07 bits per heavy atom. The second-order valence-electron chi connectivity index (χ2n) is 3.94. The Labute approximate surface area is 82.9 Å². The standard InChI is InChI=1S/C9H14N4O/c1-9(2,3)13(10)8(14)7-6-11-4-5-12-7/h4-6H,10H2,1-3H3. The van der Waals surface area contributed by atoms with Crippen molar-refractivity contribution < 1.29 is 4.79 Å². The van der Waals surface area contributed by atoms with Crippen LogP contribution in [0.5, 0.6) is 0 Å². The van der Waals surface area contributed by atoms with E-state index in [4.69, 9.17) is 5.84 Å². The first-order chi connectivity index (χ1) is 6.43. The van der Waals surface area contributed by atoms with Gasteiger partial charge in [0.25, 0.3) is 5.91 Å². The lowest BCUT2D eigenvalue weighted by Crippen LogP contribution is -2.50. The van der Waals surface area contributed by atoms with Crippen LogP contribution in [0.3, 0.4) is 0 Å². The lowest BCUT2D eigenvalue weighted by Gasteiger charge is -2.30. The molecule has 0 atom stereocenters. The molecule has 0 aliphatic heterocycles. The van der Waals surface area contributed by atoms with E-state index in [0.29, 0.717) is 0 Å². The number of hydrogen-bond donors (Lipinski definition) is 1. The summed E-state index contributed by atoms with van der Waals surface area (Å²) in [5, 5.41) is 1.15. The molecule has 0 saturated heterocycles. The Morgan fingerprint density at radius 1 is 1.43 bits per heavy atom. The highest BCUT2D eigenvalue weighted by atomic mass is 16.2. The number of nitrogens with two attached hydrogens (primary N) is 1. The van der Waals surface area contributed by atoms with Crippen molar-refractivity contribution in [1.82, 2.24) is 15.0 Å². The van der Waals surface area contributed by atoms with Gasteiger partial charge < -0.3 is 0 Å². The molecule has 0 aliphatic rings. The van der Waals surface area contributed by atoms with Crippen molar-refractivity contribution in [3.63, 3.8) is 0 Å². The number of rotatable bonds is 1. The van der Waals surface area contributed by atoms with Crippen LogP contribution in [0.1, 0.15) is 31.3 Å². The molecule has 5 heteroatoms. The van der Waals surface area contributed by atoms with Gasteiger partial charge in [0.15, 0.2) is 0 Å². The number of nitrogens with zero attached hydrogens (tertiary/aromatic N) is 3. The predicted octanol–water partition coefficient (Wildman–Crippen LogP) is 0.591. The molecule has 1 aromatic heterocycles. The molecule has 0 fully saturated rings. The molecule has 0 saturated carbocycles. The number of carbonyl (C=O) groups is 1. The highest BCUT2D eigenvalue weighted by Gasteiger charge is 2.25. The third kappa shape index (κ3) is 2.26. The lowest BCUT2D eigenvalue weighted by molar-refractivity contribution is 0.0575. The normalized spacial score (nSPS) is 11.1. The van der Waals surface area contributed by atoms with Gasteiger partial charge in [-0.05, 0) is 20.8 Å². The zero-order valence-electron chi connectivity index (χ0n) is 8.56. The quantitative estimate of drug-likeness (QED) is 0.403. The molecule has 1 heterocycles. The van der Waals surface area contributed by atoms with E-state index in [-0.39, 0.29) is 11.6 Å². The van der Waals surface area contributed by atoms with Crippen LogP contribution in [0.15, 0.2) is 18.6 Å². The summed E-state index contributed by atoms with van der Waals surface area (Å²) >= 11 is 0. The fourth-order valence-corrected chi connectivity index (χ4v) is 0.838.